The van der Waals surface area contributed by atoms with Crippen molar-refractivity contribution in [2.24, 2.45) is 5.92 Å². The van der Waals surface area contributed by atoms with Crippen molar-refractivity contribution in [3.63, 3.8) is 0 Å². The molecule has 0 spiro atoms. The molecule has 8 heteroatoms. The van der Waals surface area contributed by atoms with Crippen molar-refractivity contribution in [3.05, 3.63) is 38.7 Å². The summed E-state index contributed by atoms with van der Waals surface area (Å²) in [6.07, 6.45) is 7.11. The molecule has 0 aliphatic heterocycles. The fraction of sp³-hybridized carbons (Fsp3) is 0.458. The number of carbonyl (C=O) groups excluding carboxylic acids is 2. The minimum Gasteiger partial charge on any atom is -0.465 e. The predicted molar refractivity (Wildman–Crippen MR) is 132 cm³/mol. The van der Waals surface area contributed by atoms with Crippen LogP contribution in [0, 0.1) is 5.92 Å². The van der Waals surface area contributed by atoms with Crippen LogP contribution >= 0.6 is 22.7 Å². The van der Waals surface area contributed by atoms with Gasteiger partial charge < -0.3 is 15.8 Å². The van der Waals surface area contributed by atoms with E-state index in [4.69, 9.17) is 15.5 Å². The van der Waals surface area contributed by atoms with Crippen molar-refractivity contribution in [3.8, 4) is 0 Å². The summed E-state index contributed by atoms with van der Waals surface area (Å²) in [6, 6.07) is 3.92. The Labute approximate surface area is 196 Å². The first kappa shape index (κ1) is 22.7. The van der Waals surface area contributed by atoms with Gasteiger partial charge in [0.1, 0.15) is 14.7 Å². The third-order valence-electron chi connectivity index (χ3n) is 5.76. The van der Waals surface area contributed by atoms with E-state index in [1.165, 1.54) is 41.1 Å². The number of rotatable bonds is 5. The molecular formula is C24H29N3O3S2. The fourth-order valence-corrected chi connectivity index (χ4v) is 6.50. The van der Waals surface area contributed by atoms with E-state index < -0.39 is 5.97 Å². The number of aryl methyl sites for hydroxylation is 1. The van der Waals surface area contributed by atoms with Gasteiger partial charge in [-0.1, -0.05) is 26.7 Å². The molecule has 0 saturated carbocycles. The highest BCUT2D eigenvalue weighted by Gasteiger charge is 2.27. The van der Waals surface area contributed by atoms with E-state index in [2.05, 4.69) is 19.2 Å². The molecule has 6 nitrogen and oxygen atoms in total. The number of nitrogens with two attached hydrogens (primary N) is 1. The molecule has 0 fully saturated rings. The molecule has 170 valence electrons. The van der Waals surface area contributed by atoms with Crippen LogP contribution in [0.5, 0.6) is 0 Å². The summed E-state index contributed by atoms with van der Waals surface area (Å²) in [6.45, 7) is 4.30. The van der Waals surface area contributed by atoms with Crippen molar-refractivity contribution in [2.75, 3.05) is 18.2 Å². The lowest BCUT2D eigenvalue weighted by atomic mass is 9.96. The number of nitrogens with zero attached hydrogens (tertiary/aromatic N) is 1. The number of thiophene rings is 2. The standard InChI is InChI=1S/C24H29N3O3S2/c1-13(2)12-14-10-11-16-19(25)20(32-22(16)26-14)21(28)27-23-18(24(29)30-3)15-8-6-4-5-7-9-17(15)31-23/h10-11,13H,4-9,12,25H2,1-3H3,(H,27,28). The molecule has 1 amide bonds. The predicted octanol–water partition coefficient (Wildman–Crippen LogP) is 5.84. The Kier molecular flexibility index (Phi) is 6.81. The van der Waals surface area contributed by atoms with Gasteiger partial charge >= 0.3 is 5.97 Å². The second-order valence-corrected chi connectivity index (χ2v) is 10.8. The van der Waals surface area contributed by atoms with Gasteiger partial charge in [-0.25, -0.2) is 9.78 Å². The Bertz CT molecular complexity index is 1160. The molecule has 0 unspecified atom stereocenters. The summed E-state index contributed by atoms with van der Waals surface area (Å²) in [5.41, 5.74) is 9.28. The molecule has 0 aromatic carbocycles. The van der Waals surface area contributed by atoms with Crippen LogP contribution in [-0.2, 0) is 24.0 Å². The van der Waals surface area contributed by atoms with Crippen LogP contribution in [0.2, 0.25) is 0 Å². The van der Waals surface area contributed by atoms with Crippen LogP contribution in [0.25, 0.3) is 10.2 Å². The van der Waals surface area contributed by atoms with Gasteiger partial charge in [0.25, 0.3) is 5.91 Å². The third kappa shape index (κ3) is 4.52. The summed E-state index contributed by atoms with van der Waals surface area (Å²) in [4.78, 5) is 32.9. The topological polar surface area (TPSA) is 94.3 Å². The maximum absolute atomic E-state index is 13.2. The van der Waals surface area contributed by atoms with E-state index in [-0.39, 0.29) is 5.91 Å². The molecule has 3 aromatic heterocycles. The summed E-state index contributed by atoms with van der Waals surface area (Å²) in [5.74, 6) is -0.215. The van der Waals surface area contributed by atoms with E-state index in [0.29, 0.717) is 27.0 Å². The van der Waals surface area contributed by atoms with Gasteiger partial charge in [0, 0.05) is 16.0 Å². The Balaban J connectivity index is 1.67. The average molecular weight is 472 g/mol. The monoisotopic (exact) mass is 471 g/mol. The number of amides is 1. The summed E-state index contributed by atoms with van der Waals surface area (Å²) >= 11 is 2.78. The number of anilines is 2. The van der Waals surface area contributed by atoms with Crippen molar-refractivity contribution >= 4 is 55.5 Å². The molecular weight excluding hydrogens is 442 g/mol. The number of nitrogen functional groups attached to an aromatic ring is 1. The maximum atomic E-state index is 13.2. The highest BCUT2D eigenvalue weighted by Crippen LogP contribution is 2.39. The molecule has 0 atom stereocenters. The molecule has 3 heterocycles. The van der Waals surface area contributed by atoms with Crippen LogP contribution in [-0.4, -0.2) is 24.0 Å². The number of carbonyl (C=O) groups is 2. The smallest absolute Gasteiger partial charge is 0.341 e. The molecule has 1 aliphatic carbocycles. The third-order valence-corrected chi connectivity index (χ3v) is 8.08. The van der Waals surface area contributed by atoms with E-state index in [0.717, 1.165) is 60.0 Å². The Morgan fingerprint density at radius 1 is 1.16 bits per heavy atom. The molecule has 1 aliphatic rings. The lowest BCUT2D eigenvalue weighted by molar-refractivity contribution is 0.0601. The van der Waals surface area contributed by atoms with Crippen LogP contribution in [0.15, 0.2) is 12.1 Å². The second-order valence-electron chi connectivity index (χ2n) is 8.67. The minimum atomic E-state index is -0.400. The highest BCUT2D eigenvalue weighted by molar-refractivity contribution is 7.21. The Morgan fingerprint density at radius 3 is 2.62 bits per heavy atom. The van der Waals surface area contributed by atoms with E-state index in [9.17, 15) is 9.59 Å². The minimum absolute atomic E-state index is 0.310. The van der Waals surface area contributed by atoms with Crippen molar-refractivity contribution < 1.29 is 14.3 Å². The largest absolute Gasteiger partial charge is 0.465 e. The number of methoxy groups -OCH3 is 1. The molecule has 32 heavy (non-hydrogen) atoms. The van der Waals surface area contributed by atoms with Gasteiger partial charge in [-0.2, -0.15) is 0 Å². The molecule has 0 saturated heterocycles. The van der Waals surface area contributed by atoms with Crippen molar-refractivity contribution in [1.82, 2.24) is 4.98 Å². The van der Waals surface area contributed by atoms with Crippen LogP contribution in [0.1, 0.15) is 75.7 Å². The number of hydrogen-bond acceptors (Lipinski definition) is 7. The quantitative estimate of drug-likeness (QED) is 0.456. The molecule has 0 radical (unpaired) electrons. The first-order valence-corrected chi connectivity index (χ1v) is 12.7. The van der Waals surface area contributed by atoms with Crippen molar-refractivity contribution in [2.45, 2.75) is 58.8 Å². The normalized spacial score (nSPS) is 14.1. The molecule has 4 rings (SSSR count). The number of pyridine rings is 1. The first-order chi connectivity index (χ1) is 15.4. The van der Waals surface area contributed by atoms with Gasteiger partial charge in [-0.3, -0.25) is 4.79 Å². The van der Waals surface area contributed by atoms with E-state index in [1.807, 2.05) is 12.1 Å². The molecule has 0 bridgehead atoms. The van der Waals surface area contributed by atoms with Crippen LogP contribution < -0.4 is 11.1 Å². The van der Waals surface area contributed by atoms with Gasteiger partial charge in [-0.05, 0) is 55.7 Å². The lowest BCUT2D eigenvalue weighted by Crippen LogP contribution is -2.15. The molecule has 3 aromatic rings. The number of fused-ring (bicyclic) bond motifs is 2. The summed E-state index contributed by atoms with van der Waals surface area (Å²) < 4.78 is 5.06. The van der Waals surface area contributed by atoms with Gasteiger partial charge in [0.2, 0.25) is 0 Å². The summed E-state index contributed by atoms with van der Waals surface area (Å²) in [5, 5.41) is 4.32. The lowest BCUT2D eigenvalue weighted by Gasteiger charge is -2.10. The fourth-order valence-electron chi connectivity index (χ4n) is 4.22. The zero-order valence-corrected chi connectivity index (χ0v) is 20.4. The Morgan fingerprint density at radius 2 is 1.91 bits per heavy atom. The maximum Gasteiger partial charge on any atom is 0.341 e. The van der Waals surface area contributed by atoms with Crippen LogP contribution in [0.3, 0.4) is 0 Å². The number of esters is 1. The summed E-state index contributed by atoms with van der Waals surface area (Å²) in [7, 11) is 1.38. The van der Waals surface area contributed by atoms with Crippen molar-refractivity contribution in [1.29, 1.82) is 0 Å². The van der Waals surface area contributed by atoms with Gasteiger partial charge in [0.05, 0.1) is 18.4 Å². The number of ether oxygens (including phenoxy) is 1. The van der Waals surface area contributed by atoms with E-state index in [1.54, 1.807) is 0 Å². The first-order valence-electron chi connectivity index (χ1n) is 11.1. The SMILES string of the molecule is COC(=O)c1c(NC(=O)c2sc3nc(CC(C)C)ccc3c2N)sc2c1CCCCCC2. The van der Waals surface area contributed by atoms with E-state index >= 15 is 0 Å². The molecule has 3 N–H and O–H groups in total. The van der Waals surface area contributed by atoms with Gasteiger partial charge in [0.15, 0.2) is 0 Å². The number of hydrogen-bond donors (Lipinski definition) is 2. The average Bonchev–Trinajstić information content (AvgIpc) is 3.23. The second kappa shape index (κ2) is 9.58. The number of aromatic nitrogens is 1. The van der Waals surface area contributed by atoms with Crippen LogP contribution in [0.4, 0.5) is 10.7 Å². The zero-order valence-electron chi connectivity index (χ0n) is 18.7. The Hall–Kier alpha value is -2.45. The highest BCUT2D eigenvalue weighted by atomic mass is 32.1. The van der Waals surface area contributed by atoms with Gasteiger partial charge in [-0.15, -0.1) is 22.7 Å². The zero-order chi connectivity index (χ0) is 22.8. The number of nitrogens with one attached hydrogen (secondary N) is 1.